The summed E-state index contributed by atoms with van der Waals surface area (Å²) >= 11 is 18.3. The molecule has 3 heterocycles. The smallest absolute Gasteiger partial charge is 0.115 e. The van der Waals surface area contributed by atoms with Gasteiger partial charge in [0.15, 0.2) is 0 Å². The number of hydrogen-bond donors (Lipinski definition) is 0. The van der Waals surface area contributed by atoms with E-state index in [1.807, 2.05) is 12.1 Å². The second-order valence-corrected chi connectivity index (χ2v) is 10.7. The van der Waals surface area contributed by atoms with Crippen LogP contribution in [0.1, 0.15) is 5.56 Å². The summed E-state index contributed by atoms with van der Waals surface area (Å²) < 4.78 is 11.2. The third kappa shape index (κ3) is 2.81. The average Bonchev–Trinajstić information content (AvgIpc) is 3.20. The van der Waals surface area contributed by atoms with Crippen molar-refractivity contribution in [2.45, 2.75) is 6.92 Å². The van der Waals surface area contributed by atoms with Gasteiger partial charge in [-0.25, -0.2) is 0 Å². The average molecular weight is 507 g/mol. The van der Waals surface area contributed by atoms with Crippen LogP contribution in [0.2, 0.25) is 5.02 Å². The monoisotopic (exact) mass is 504 g/mol. The van der Waals surface area contributed by atoms with Gasteiger partial charge >= 0.3 is 0 Å². The van der Waals surface area contributed by atoms with Crippen molar-refractivity contribution in [3.05, 3.63) is 42.4 Å². The molecule has 23 heavy (non-hydrogen) atoms. The molecule has 2 nitrogen and oxygen atoms in total. The lowest BCUT2D eigenvalue weighted by molar-refractivity contribution is 1.53. The Kier molecular flexibility index (Phi) is 4.36. The Morgan fingerprint density at radius 3 is 2.43 bits per heavy atom. The van der Waals surface area contributed by atoms with Crippen molar-refractivity contribution < 1.29 is 0 Å². The summed E-state index contributed by atoms with van der Waals surface area (Å²) in [4.78, 5) is 2.24. The summed E-state index contributed by atoms with van der Waals surface area (Å²) in [5.74, 6) is 0. The molecule has 8 heteroatoms. The molecule has 0 N–H and O–H groups in total. The Bertz CT molecular complexity index is 1020. The Morgan fingerprint density at radius 1 is 1.00 bits per heavy atom. The molecule has 0 spiro atoms. The van der Waals surface area contributed by atoms with Crippen LogP contribution in [0.5, 0.6) is 0 Å². The van der Waals surface area contributed by atoms with Crippen molar-refractivity contribution in [3.63, 3.8) is 0 Å². The summed E-state index contributed by atoms with van der Waals surface area (Å²) in [5, 5.41) is 0.705. The maximum atomic E-state index is 6.63. The zero-order chi connectivity index (χ0) is 16.1. The molecule has 0 aliphatic rings. The Morgan fingerprint density at radius 2 is 1.78 bits per heavy atom. The van der Waals surface area contributed by atoms with Crippen LogP contribution in [0.4, 0.5) is 0 Å². The molecule has 3 aromatic heterocycles. The molecule has 0 radical (unpaired) electrons. The summed E-state index contributed by atoms with van der Waals surface area (Å²) in [6.45, 7) is 2.08. The Balaban J connectivity index is 2.01. The van der Waals surface area contributed by atoms with Crippen molar-refractivity contribution in [3.8, 4) is 20.9 Å². The lowest BCUT2D eigenvalue weighted by Crippen LogP contribution is -1.84. The highest BCUT2D eigenvalue weighted by Gasteiger charge is 2.19. The van der Waals surface area contributed by atoms with Gasteiger partial charge < -0.3 is 0 Å². The van der Waals surface area contributed by atoms with E-state index < -0.39 is 0 Å². The first-order valence-corrected chi connectivity index (χ1v) is 10.8. The highest BCUT2D eigenvalue weighted by molar-refractivity contribution is 9.11. The van der Waals surface area contributed by atoms with Gasteiger partial charge in [-0.05, 0) is 68.6 Å². The predicted molar refractivity (Wildman–Crippen MR) is 109 cm³/mol. The molecular formula is C15H7Br2ClN2S3. The molecule has 4 aromatic rings. The van der Waals surface area contributed by atoms with E-state index in [2.05, 4.69) is 59.7 Å². The first-order valence-electron chi connectivity index (χ1n) is 6.51. The molecule has 0 aliphatic carbocycles. The standard InChI is InChI=1S/C15H7Br2ClN2S3/c1-6-4-10(22-15(6)17)7-5-8(18)12(9-2-3-11(16)21-9)14-13(7)19-23-20-14/h2-5H,1H3. The minimum atomic E-state index is 0.705. The summed E-state index contributed by atoms with van der Waals surface area (Å²) in [7, 11) is 0. The molecular weight excluding hydrogens is 500 g/mol. The van der Waals surface area contributed by atoms with Gasteiger partial charge in [0.2, 0.25) is 0 Å². The van der Waals surface area contributed by atoms with Crippen LogP contribution in [0.15, 0.2) is 31.8 Å². The minimum absolute atomic E-state index is 0.705. The quantitative estimate of drug-likeness (QED) is 0.279. The van der Waals surface area contributed by atoms with Crippen molar-refractivity contribution >= 4 is 88.9 Å². The van der Waals surface area contributed by atoms with Gasteiger partial charge in [0.1, 0.15) is 11.0 Å². The van der Waals surface area contributed by atoms with Crippen molar-refractivity contribution in [1.82, 2.24) is 8.75 Å². The molecule has 0 aliphatic heterocycles. The van der Waals surface area contributed by atoms with Crippen molar-refractivity contribution in [2.75, 3.05) is 0 Å². The van der Waals surface area contributed by atoms with Crippen LogP contribution in [-0.4, -0.2) is 8.75 Å². The summed E-state index contributed by atoms with van der Waals surface area (Å²) in [6, 6.07) is 8.24. The zero-order valence-electron chi connectivity index (χ0n) is 11.6. The van der Waals surface area contributed by atoms with Gasteiger partial charge in [-0.2, -0.15) is 8.75 Å². The van der Waals surface area contributed by atoms with E-state index in [0.717, 1.165) is 39.5 Å². The summed E-state index contributed by atoms with van der Waals surface area (Å²) in [5.41, 5.74) is 4.99. The number of aromatic nitrogens is 2. The van der Waals surface area contributed by atoms with E-state index in [-0.39, 0.29) is 0 Å². The normalized spacial score (nSPS) is 11.5. The van der Waals surface area contributed by atoms with E-state index >= 15 is 0 Å². The molecule has 4 rings (SSSR count). The highest BCUT2D eigenvalue weighted by Crippen LogP contribution is 2.45. The molecule has 0 saturated carbocycles. The molecule has 1 aromatic carbocycles. The topological polar surface area (TPSA) is 25.8 Å². The number of halogens is 3. The van der Waals surface area contributed by atoms with Crippen LogP contribution in [0, 0.1) is 6.92 Å². The zero-order valence-corrected chi connectivity index (χ0v) is 17.9. The van der Waals surface area contributed by atoms with E-state index in [0.29, 0.717) is 5.02 Å². The second kappa shape index (κ2) is 6.20. The van der Waals surface area contributed by atoms with Crippen molar-refractivity contribution in [1.29, 1.82) is 0 Å². The lowest BCUT2D eigenvalue weighted by Gasteiger charge is -2.06. The fraction of sp³-hybridized carbons (Fsp3) is 0.0667. The lowest BCUT2D eigenvalue weighted by atomic mass is 10.1. The van der Waals surface area contributed by atoms with E-state index in [4.69, 9.17) is 11.6 Å². The van der Waals surface area contributed by atoms with Crippen molar-refractivity contribution in [2.24, 2.45) is 0 Å². The molecule has 0 bridgehead atoms. The Hall–Kier alpha value is -0.310. The first-order chi connectivity index (χ1) is 11.0. The minimum Gasteiger partial charge on any atom is -0.172 e. The Labute approximate surface area is 166 Å². The van der Waals surface area contributed by atoms with Gasteiger partial charge in [0.05, 0.1) is 24.3 Å². The van der Waals surface area contributed by atoms with E-state index in [1.165, 1.54) is 17.3 Å². The number of thiophene rings is 2. The molecule has 0 unspecified atom stereocenters. The van der Waals surface area contributed by atoms with Gasteiger partial charge in [0, 0.05) is 20.9 Å². The van der Waals surface area contributed by atoms with E-state index in [9.17, 15) is 0 Å². The fourth-order valence-electron chi connectivity index (χ4n) is 2.37. The number of rotatable bonds is 2. The largest absolute Gasteiger partial charge is 0.172 e. The molecule has 0 atom stereocenters. The predicted octanol–water partition coefficient (Wildman–Crippen LogP) is 7.64. The molecule has 116 valence electrons. The number of fused-ring (bicyclic) bond motifs is 1. The first kappa shape index (κ1) is 16.2. The van der Waals surface area contributed by atoms with Gasteiger partial charge in [-0.3, -0.25) is 0 Å². The van der Waals surface area contributed by atoms with Gasteiger partial charge in [0.25, 0.3) is 0 Å². The van der Waals surface area contributed by atoms with Crippen LogP contribution >= 0.6 is 77.9 Å². The summed E-state index contributed by atoms with van der Waals surface area (Å²) in [6.07, 6.45) is 0. The van der Waals surface area contributed by atoms with Crippen LogP contribution in [0.3, 0.4) is 0 Å². The highest BCUT2D eigenvalue weighted by atomic mass is 79.9. The molecule has 0 saturated heterocycles. The van der Waals surface area contributed by atoms with Gasteiger partial charge in [-0.1, -0.05) is 11.6 Å². The maximum Gasteiger partial charge on any atom is 0.115 e. The third-order valence-corrected chi connectivity index (χ3v) is 8.07. The van der Waals surface area contributed by atoms with E-state index in [1.54, 1.807) is 22.7 Å². The molecule has 0 amide bonds. The second-order valence-electron chi connectivity index (χ2n) is 4.91. The maximum absolute atomic E-state index is 6.63. The SMILES string of the molecule is Cc1cc(-c2cc(Cl)c(-c3ccc(Br)s3)c3nsnc23)sc1Br. The van der Waals surface area contributed by atoms with Crippen LogP contribution in [0.25, 0.3) is 31.9 Å². The molecule has 0 fully saturated rings. The number of nitrogens with zero attached hydrogens (tertiary/aromatic N) is 2. The third-order valence-electron chi connectivity index (χ3n) is 3.43. The number of aryl methyl sites for hydroxylation is 1. The number of benzene rings is 1. The number of hydrogen-bond acceptors (Lipinski definition) is 5. The van der Waals surface area contributed by atoms with Crippen LogP contribution < -0.4 is 0 Å². The van der Waals surface area contributed by atoms with Gasteiger partial charge in [-0.15, -0.1) is 22.7 Å². The fourth-order valence-corrected chi connectivity index (χ4v) is 6.29. The van der Waals surface area contributed by atoms with Crippen LogP contribution in [-0.2, 0) is 0 Å².